The molecule has 1 atom stereocenters. The smallest absolute Gasteiger partial charge is 0.258 e. The third kappa shape index (κ3) is 3.05. The molecule has 2 aromatic heterocycles. The van der Waals surface area contributed by atoms with Crippen LogP contribution in [0.3, 0.4) is 0 Å². The van der Waals surface area contributed by atoms with Crippen molar-refractivity contribution < 1.29 is 0 Å². The van der Waals surface area contributed by atoms with Crippen molar-refractivity contribution in [3.05, 3.63) is 46.0 Å². The molecule has 0 amide bonds. The average Bonchev–Trinajstić information content (AvgIpc) is 3.02. The van der Waals surface area contributed by atoms with E-state index in [9.17, 15) is 4.79 Å². The van der Waals surface area contributed by atoms with Crippen molar-refractivity contribution in [3.63, 3.8) is 0 Å². The zero-order valence-electron chi connectivity index (χ0n) is 13.4. The van der Waals surface area contributed by atoms with Gasteiger partial charge in [0.25, 0.3) is 5.56 Å². The summed E-state index contributed by atoms with van der Waals surface area (Å²) in [5.41, 5.74) is 2.68. The second kappa shape index (κ2) is 6.58. The predicted molar refractivity (Wildman–Crippen MR) is 88.2 cm³/mol. The number of hydrogen-bond acceptors (Lipinski definition) is 4. The van der Waals surface area contributed by atoms with E-state index < -0.39 is 0 Å². The second-order valence-corrected chi connectivity index (χ2v) is 6.09. The van der Waals surface area contributed by atoms with E-state index in [1.54, 1.807) is 16.7 Å². The van der Waals surface area contributed by atoms with Gasteiger partial charge in [-0.2, -0.15) is 0 Å². The first kappa shape index (κ1) is 15.2. The van der Waals surface area contributed by atoms with Crippen LogP contribution in [0.15, 0.2) is 29.2 Å². The molecule has 118 valence electrons. The van der Waals surface area contributed by atoms with Gasteiger partial charge >= 0.3 is 0 Å². The summed E-state index contributed by atoms with van der Waals surface area (Å²) in [5.74, 6) is 0. The van der Waals surface area contributed by atoms with Crippen molar-refractivity contribution in [2.45, 2.75) is 39.3 Å². The fourth-order valence-corrected chi connectivity index (χ4v) is 3.23. The van der Waals surface area contributed by atoms with Crippen molar-refractivity contribution in [2.24, 2.45) is 0 Å². The fourth-order valence-electron chi connectivity index (χ4n) is 3.23. The molecule has 0 saturated carbocycles. The van der Waals surface area contributed by atoms with E-state index in [0.29, 0.717) is 6.04 Å². The van der Waals surface area contributed by atoms with Crippen molar-refractivity contribution in [2.75, 3.05) is 19.6 Å². The molecule has 0 spiro atoms. The molecule has 5 heteroatoms. The van der Waals surface area contributed by atoms with Crippen LogP contribution in [-0.4, -0.2) is 40.0 Å². The van der Waals surface area contributed by atoms with Gasteiger partial charge in [0.05, 0.1) is 5.69 Å². The van der Waals surface area contributed by atoms with Crippen LogP contribution in [0.5, 0.6) is 0 Å². The summed E-state index contributed by atoms with van der Waals surface area (Å²) in [5, 5.41) is 3.42. The largest absolute Gasteiger partial charge is 0.315 e. The zero-order valence-corrected chi connectivity index (χ0v) is 13.4. The first-order valence-corrected chi connectivity index (χ1v) is 8.11. The van der Waals surface area contributed by atoms with E-state index in [1.807, 2.05) is 19.1 Å². The molecule has 1 aliphatic heterocycles. The molecule has 1 unspecified atom stereocenters. The molecule has 3 rings (SSSR count). The Bertz CT molecular complexity index is 703. The molecule has 0 aromatic carbocycles. The van der Waals surface area contributed by atoms with Crippen molar-refractivity contribution >= 4 is 5.65 Å². The molecule has 5 nitrogen and oxygen atoms in total. The molecule has 1 N–H and O–H groups in total. The lowest BCUT2D eigenvalue weighted by atomic mass is 10.2. The number of fused-ring (bicyclic) bond motifs is 1. The van der Waals surface area contributed by atoms with Crippen molar-refractivity contribution in [1.29, 1.82) is 0 Å². The standard InChI is InChI=1S/C17H24N4O/c1-3-8-20(15-6-7-18-11-15)12-14-10-16(22)21-9-4-5-13(2)17(21)19-14/h4-5,9-10,15,18H,3,6-8,11-12H2,1-2H3. The molecule has 0 bridgehead atoms. The van der Waals surface area contributed by atoms with Crippen LogP contribution in [0, 0.1) is 6.92 Å². The van der Waals surface area contributed by atoms with Gasteiger partial charge in [-0.1, -0.05) is 13.0 Å². The molecule has 0 aliphatic carbocycles. The fraction of sp³-hybridized carbons (Fsp3) is 0.529. The molecule has 22 heavy (non-hydrogen) atoms. The normalized spacial score (nSPS) is 18.4. The van der Waals surface area contributed by atoms with Crippen molar-refractivity contribution in [3.8, 4) is 0 Å². The number of nitrogens with zero attached hydrogens (tertiary/aromatic N) is 3. The average molecular weight is 300 g/mol. The molecule has 2 aromatic rings. The van der Waals surface area contributed by atoms with Gasteiger partial charge in [-0.05, 0) is 44.5 Å². The Morgan fingerprint density at radius 1 is 1.50 bits per heavy atom. The maximum atomic E-state index is 12.3. The van der Waals surface area contributed by atoms with Gasteiger partial charge in [0.15, 0.2) is 0 Å². The number of rotatable bonds is 5. The van der Waals surface area contributed by atoms with Crippen LogP contribution in [0.4, 0.5) is 0 Å². The maximum Gasteiger partial charge on any atom is 0.258 e. The number of hydrogen-bond donors (Lipinski definition) is 1. The summed E-state index contributed by atoms with van der Waals surface area (Å²) >= 11 is 0. The number of aromatic nitrogens is 2. The highest BCUT2D eigenvalue weighted by Gasteiger charge is 2.22. The number of pyridine rings is 1. The minimum atomic E-state index is 0.00435. The lowest BCUT2D eigenvalue weighted by Gasteiger charge is -2.27. The Balaban J connectivity index is 1.91. The van der Waals surface area contributed by atoms with E-state index in [1.165, 1.54) is 6.42 Å². The topological polar surface area (TPSA) is 49.6 Å². The highest BCUT2D eigenvalue weighted by Crippen LogP contribution is 2.13. The predicted octanol–water partition coefficient (Wildman–Crippen LogP) is 1.58. The summed E-state index contributed by atoms with van der Waals surface area (Å²) in [6, 6.07) is 6.11. The van der Waals surface area contributed by atoms with E-state index >= 15 is 0 Å². The summed E-state index contributed by atoms with van der Waals surface area (Å²) in [7, 11) is 0. The van der Waals surface area contributed by atoms with Crippen LogP contribution >= 0.6 is 0 Å². The monoisotopic (exact) mass is 300 g/mol. The SMILES string of the molecule is CCCN(Cc1cc(=O)n2cccc(C)c2n1)C1CCNC1. The summed E-state index contributed by atoms with van der Waals surface area (Å²) in [6.45, 7) is 8.10. The van der Waals surface area contributed by atoms with E-state index in [2.05, 4.69) is 17.1 Å². The van der Waals surface area contributed by atoms with Gasteiger partial charge in [0, 0.05) is 31.4 Å². The molecule has 1 saturated heterocycles. The third-order valence-corrected chi connectivity index (χ3v) is 4.37. The summed E-state index contributed by atoms with van der Waals surface area (Å²) in [4.78, 5) is 19.5. The van der Waals surface area contributed by atoms with E-state index in [0.717, 1.165) is 49.5 Å². The zero-order chi connectivity index (χ0) is 15.5. The molecular weight excluding hydrogens is 276 g/mol. The lowest BCUT2D eigenvalue weighted by Crippen LogP contribution is -2.37. The Kier molecular flexibility index (Phi) is 4.55. The third-order valence-electron chi connectivity index (χ3n) is 4.37. The Hall–Kier alpha value is -1.72. The van der Waals surface area contributed by atoms with Crippen LogP contribution in [0.1, 0.15) is 31.0 Å². The van der Waals surface area contributed by atoms with Gasteiger partial charge in [0.2, 0.25) is 0 Å². The highest BCUT2D eigenvalue weighted by atomic mass is 16.1. The van der Waals surface area contributed by atoms with Crippen molar-refractivity contribution in [1.82, 2.24) is 19.6 Å². The molecule has 1 aliphatic rings. The van der Waals surface area contributed by atoms with E-state index in [-0.39, 0.29) is 5.56 Å². The van der Waals surface area contributed by atoms with Gasteiger partial charge in [-0.25, -0.2) is 4.98 Å². The molecular formula is C17H24N4O. The lowest BCUT2D eigenvalue weighted by molar-refractivity contribution is 0.197. The minimum Gasteiger partial charge on any atom is -0.315 e. The summed E-state index contributed by atoms with van der Waals surface area (Å²) < 4.78 is 1.63. The van der Waals surface area contributed by atoms with Gasteiger partial charge in [0.1, 0.15) is 5.65 Å². The quantitative estimate of drug-likeness (QED) is 0.911. The van der Waals surface area contributed by atoms with Gasteiger partial charge in [-0.15, -0.1) is 0 Å². The number of aryl methyl sites for hydroxylation is 1. The Labute approximate surface area is 131 Å². The van der Waals surface area contributed by atoms with Gasteiger partial charge in [-0.3, -0.25) is 14.1 Å². The molecule has 1 fully saturated rings. The summed E-state index contributed by atoms with van der Waals surface area (Å²) in [6.07, 6.45) is 4.07. The number of nitrogens with one attached hydrogen (secondary N) is 1. The molecule has 3 heterocycles. The Morgan fingerprint density at radius 3 is 3.09 bits per heavy atom. The van der Waals surface area contributed by atoms with E-state index in [4.69, 9.17) is 4.98 Å². The van der Waals surface area contributed by atoms with Crippen LogP contribution < -0.4 is 10.9 Å². The maximum absolute atomic E-state index is 12.3. The second-order valence-electron chi connectivity index (χ2n) is 6.09. The highest BCUT2D eigenvalue weighted by molar-refractivity contribution is 5.46. The first-order valence-electron chi connectivity index (χ1n) is 8.11. The Morgan fingerprint density at radius 2 is 2.36 bits per heavy atom. The first-order chi connectivity index (χ1) is 10.7. The van der Waals surface area contributed by atoms with Crippen LogP contribution in [0.25, 0.3) is 5.65 Å². The molecule has 0 radical (unpaired) electrons. The minimum absolute atomic E-state index is 0.00435. The van der Waals surface area contributed by atoms with Crippen LogP contribution in [0.2, 0.25) is 0 Å². The van der Waals surface area contributed by atoms with Gasteiger partial charge < -0.3 is 5.32 Å². The van der Waals surface area contributed by atoms with Crippen LogP contribution in [-0.2, 0) is 6.54 Å².